The van der Waals surface area contributed by atoms with E-state index in [9.17, 15) is 4.79 Å². The molecule has 88 valence electrons. The van der Waals surface area contributed by atoms with Crippen LogP contribution in [0.1, 0.15) is 42.4 Å². The Labute approximate surface area is 98.4 Å². The molecule has 1 fully saturated rings. The Balaban J connectivity index is 1.84. The summed E-state index contributed by atoms with van der Waals surface area (Å²) in [6.07, 6.45) is 4.80. The molecule has 0 spiro atoms. The minimum absolute atomic E-state index is 0.156. The standard InChI is InChI=1S/C10H16N4OS/c1-2-3-10(4-5-10)6-12-7(15)8-13-14-9(11)16-8/h2-6H2,1H3,(H2,11,14)(H,12,15). The molecule has 0 atom stereocenters. The third-order valence-corrected chi connectivity index (χ3v) is 3.75. The molecule has 6 heteroatoms. The lowest BCUT2D eigenvalue weighted by molar-refractivity contribution is 0.0942. The molecule has 0 aliphatic heterocycles. The van der Waals surface area contributed by atoms with Gasteiger partial charge in [-0.2, -0.15) is 0 Å². The zero-order valence-corrected chi connectivity index (χ0v) is 10.1. The highest BCUT2D eigenvalue weighted by Gasteiger charge is 2.41. The van der Waals surface area contributed by atoms with Gasteiger partial charge in [0.1, 0.15) is 0 Å². The van der Waals surface area contributed by atoms with Crippen LogP contribution in [0.5, 0.6) is 0 Å². The van der Waals surface area contributed by atoms with Gasteiger partial charge in [-0.15, -0.1) is 10.2 Å². The van der Waals surface area contributed by atoms with Crippen LogP contribution in [0.4, 0.5) is 5.13 Å². The number of nitrogens with one attached hydrogen (secondary N) is 1. The minimum Gasteiger partial charge on any atom is -0.374 e. The SMILES string of the molecule is CCCC1(CNC(=O)c2nnc(N)s2)CC1. The number of nitrogens with zero attached hydrogens (tertiary/aromatic N) is 2. The van der Waals surface area contributed by atoms with Gasteiger partial charge in [0, 0.05) is 6.54 Å². The van der Waals surface area contributed by atoms with Crippen molar-refractivity contribution in [3.05, 3.63) is 5.01 Å². The Morgan fingerprint density at radius 3 is 2.81 bits per heavy atom. The van der Waals surface area contributed by atoms with E-state index < -0.39 is 0 Å². The maximum absolute atomic E-state index is 11.7. The molecule has 1 aliphatic rings. The van der Waals surface area contributed by atoms with Crippen molar-refractivity contribution < 1.29 is 4.79 Å². The van der Waals surface area contributed by atoms with E-state index in [-0.39, 0.29) is 5.91 Å². The first-order valence-electron chi connectivity index (χ1n) is 5.52. The van der Waals surface area contributed by atoms with Gasteiger partial charge in [0.25, 0.3) is 5.91 Å². The van der Waals surface area contributed by atoms with Gasteiger partial charge in [-0.1, -0.05) is 24.7 Å². The predicted molar refractivity (Wildman–Crippen MR) is 63.2 cm³/mol. The van der Waals surface area contributed by atoms with Crippen LogP contribution in [0.3, 0.4) is 0 Å². The Morgan fingerprint density at radius 2 is 2.31 bits per heavy atom. The number of carbonyl (C=O) groups is 1. The third kappa shape index (κ3) is 2.49. The normalized spacial score (nSPS) is 17.1. The van der Waals surface area contributed by atoms with Crippen LogP contribution in [-0.4, -0.2) is 22.6 Å². The first kappa shape index (κ1) is 11.3. The van der Waals surface area contributed by atoms with Crippen molar-refractivity contribution in [2.45, 2.75) is 32.6 Å². The van der Waals surface area contributed by atoms with Gasteiger partial charge in [0.15, 0.2) is 0 Å². The molecule has 0 unspecified atom stereocenters. The fourth-order valence-electron chi connectivity index (χ4n) is 1.89. The van der Waals surface area contributed by atoms with Crippen molar-refractivity contribution >= 4 is 22.4 Å². The molecule has 5 nitrogen and oxygen atoms in total. The van der Waals surface area contributed by atoms with E-state index in [2.05, 4.69) is 22.4 Å². The first-order chi connectivity index (χ1) is 7.65. The summed E-state index contributed by atoms with van der Waals surface area (Å²) in [7, 11) is 0. The molecule has 0 bridgehead atoms. The topological polar surface area (TPSA) is 80.9 Å². The van der Waals surface area contributed by atoms with E-state index in [1.54, 1.807) is 0 Å². The number of aromatic nitrogens is 2. The van der Waals surface area contributed by atoms with Gasteiger partial charge >= 0.3 is 0 Å². The van der Waals surface area contributed by atoms with Gasteiger partial charge in [0.2, 0.25) is 10.1 Å². The number of nitrogen functional groups attached to an aromatic ring is 1. The second-order valence-electron chi connectivity index (χ2n) is 4.38. The van der Waals surface area contributed by atoms with E-state index in [1.807, 2.05) is 0 Å². The molecule has 0 aromatic carbocycles. The van der Waals surface area contributed by atoms with Crippen molar-refractivity contribution in [3.8, 4) is 0 Å². The van der Waals surface area contributed by atoms with E-state index in [0.717, 1.165) is 17.9 Å². The molecule has 2 rings (SSSR count). The average molecular weight is 240 g/mol. The molecule has 1 amide bonds. The number of rotatable bonds is 5. The Kier molecular flexibility index (Phi) is 3.09. The highest BCUT2D eigenvalue weighted by atomic mass is 32.1. The summed E-state index contributed by atoms with van der Waals surface area (Å²) in [4.78, 5) is 11.7. The number of hydrogen-bond donors (Lipinski definition) is 2. The second-order valence-corrected chi connectivity index (χ2v) is 5.39. The van der Waals surface area contributed by atoms with Crippen molar-refractivity contribution in [2.75, 3.05) is 12.3 Å². The monoisotopic (exact) mass is 240 g/mol. The van der Waals surface area contributed by atoms with Gasteiger partial charge in [-0.3, -0.25) is 4.79 Å². The smallest absolute Gasteiger partial charge is 0.282 e. The Bertz CT molecular complexity index is 386. The number of nitrogens with two attached hydrogens (primary N) is 1. The molecule has 1 aromatic rings. The summed E-state index contributed by atoms with van der Waals surface area (Å²) in [5.41, 5.74) is 5.79. The van der Waals surface area contributed by atoms with Gasteiger partial charge < -0.3 is 11.1 Å². The van der Waals surface area contributed by atoms with Crippen LogP contribution >= 0.6 is 11.3 Å². The van der Waals surface area contributed by atoms with Gasteiger partial charge in [0.05, 0.1) is 0 Å². The molecular formula is C10H16N4OS. The van der Waals surface area contributed by atoms with E-state index in [1.165, 1.54) is 25.7 Å². The number of anilines is 1. The zero-order valence-electron chi connectivity index (χ0n) is 9.32. The molecule has 3 N–H and O–H groups in total. The quantitative estimate of drug-likeness (QED) is 0.815. The number of amides is 1. The fourth-order valence-corrected chi connectivity index (χ4v) is 2.42. The van der Waals surface area contributed by atoms with Gasteiger partial charge in [-0.25, -0.2) is 0 Å². The van der Waals surface area contributed by atoms with Crippen LogP contribution in [0, 0.1) is 5.41 Å². The molecule has 1 saturated carbocycles. The van der Waals surface area contributed by atoms with Crippen LogP contribution in [-0.2, 0) is 0 Å². The Morgan fingerprint density at radius 1 is 1.56 bits per heavy atom. The molecule has 1 aliphatic carbocycles. The average Bonchev–Trinajstić information content (AvgIpc) is 2.89. The molecule has 0 radical (unpaired) electrons. The summed E-state index contributed by atoms with van der Waals surface area (Å²) < 4.78 is 0. The molecule has 16 heavy (non-hydrogen) atoms. The zero-order chi connectivity index (χ0) is 11.6. The minimum atomic E-state index is -0.156. The van der Waals surface area contributed by atoms with Crippen molar-refractivity contribution in [2.24, 2.45) is 5.41 Å². The fraction of sp³-hybridized carbons (Fsp3) is 0.700. The largest absolute Gasteiger partial charge is 0.374 e. The predicted octanol–water partition coefficient (Wildman–Crippen LogP) is 1.43. The summed E-state index contributed by atoms with van der Waals surface area (Å²) in [6.45, 7) is 2.92. The van der Waals surface area contributed by atoms with E-state index in [0.29, 0.717) is 15.6 Å². The van der Waals surface area contributed by atoms with Crippen LogP contribution < -0.4 is 11.1 Å². The lowest BCUT2D eigenvalue weighted by atomic mass is 10.0. The van der Waals surface area contributed by atoms with Crippen molar-refractivity contribution in [3.63, 3.8) is 0 Å². The van der Waals surface area contributed by atoms with Crippen LogP contribution in [0.25, 0.3) is 0 Å². The van der Waals surface area contributed by atoms with E-state index >= 15 is 0 Å². The van der Waals surface area contributed by atoms with Crippen LogP contribution in [0.15, 0.2) is 0 Å². The molecular weight excluding hydrogens is 224 g/mol. The summed E-state index contributed by atoms with van der Waals surface area (Å²) in [5.74, 6) is -0.156. The molecule has 0 saturated heterocycles. The maximum Gasteiger partial charge on any atom is 0.282 e. The van der Waals surface area contributed by atoms with E-state index in [4.69, 9.17) is 5.73 Å². The third-order valence-electron chi connectivity index (χ3n) is 3.00. The highest BCUT2D eigenvalue weighted by Crippen LogP contribution is 2.48. The number of carbonyl (C=O) groups excluding carboxylic acids is 1. The van der Waals surface area contributed by atoms with Crippen molar-refractivity contribution in [1.29, 1.82) is 0 Å². The summed E-state index contributed by atoms with van der Waals surface area (Å²) in [5, 5.41) is 10.9. The lowest BCUT2D eigenvalue weighted by Crippen LogP contribution is -2.30. The first-order valence-corrected chi connectivity index (χ1v) is 6.34. The van der Waals surface area contributed by atoms with Gasteiger partial charge in [-0.05, 0) is 24.7 Å². The maximum atomic E-state index is 11.7. The number of hydrogen-bond acceptors (Lipinski definition) is 5. The second kappa shape index (κ2) is 4.37. The summed E-state index contributed by atoms with van der Waals surface area (Å²) in [6, 6.07) is 0. The highest BCUT2D eigenvalue weighted by molar-refractivity contribution is 7.16. The molecule has 1 heterocycles. The Hall–Kier alpha value is -1.17. The summed E-state index contributed by atoms with van der Waals surface area (Å²) >= 11 is 1.12. The lowest BCUT2D eigenvalue weighted by Gasteiger charge is -2.13. The van der Waals surface area contributed by atoms with Crippen LogP contribution in [0.2, 0.25) is 0 Å². The molecule has 1 aromatic heterocycles. The van der Waals surface area contributed by atoms with Crippen molar-refractivity contribution in [1.82, 2.24) is 15.5 Å².